The first-order chi connectivity index (χ1) is 7.92. The second-order valence-corrected chi connectivity index (χ2v) is 4.18. The van der Waals surface area contributed by atoms with Crippen LogP contribution < -0.4 is 16.4 Å². The van der Waals surface area contributed by atoms with Crippen molar-refractivity contribution in [3.8, 4) is 0 Å². The summed E-state index contributed by atoms with van der Waals surface area (Å²) < 4.78 is 0. The molecular formula is C11H23N3O3. The summed E-state index contributed by atoms with van der Waals surface area (Å²) in [7, 11) is 0. The van der Waals surface area contributed by atoms with Crippen LogP contribution in [0.5, 0.6) is 0 Å². The zero-order valence-electron chi connectivity index (χ0n) is 10.7. The van der Waals surface area contributed by atoms with E-state index in [1.54, 1.807) is 0 Å². The van der Waals surface area contributed by atoms with Gasteiger partial charge in [-0.2, -0.15) is 0 Å². The SMILES string of the molecule is CCC(O)CNC(=O)C(NC(N)=O)C(C)CC. The average Bonchev–Trinajstić information content (AvgIpc) is 2.31. The molecule has 0 aromatic heterocycles. The molecule has 3 unspecified atom stereocenters. The molecule has 6 nitrogen and oxygen atoms in total. The van der Waals surface area contributed by atoms with Gasteiger partial charge in [0.15, 0.2) is 0 Å². The first-order valence-corrected chi connectivity index (χ1v) is 5.94. The predicted octanol–water partition coefficient (Wildman–Crippen LogP) is -0.0435. The Kier molecular flexibility index (Phi) is 7.29. The fourth-order valence-corrected chi connectivity index (χ4v) is 1.33. The van der Waals surface area contributed by atoms with E-state index >= 15 is 0 Å². The van der Waals surface area contributed by atoms with Gasteiger partial charge in [-0.1, -0.05) is 27.2 Å². The van der Waals surface area contributed by atoms with E-state index in [-0.39, 0.29) is 18.4 Å². The summed E-state index contributed by atoms with van der Waals surface area (Å²) in [5.41, 5.74) is 5.03. The Balaban J connectivity index is 4.37. The molecule has 5 N–H and O–H groups in total. The van der Waals surface area contributed by atoms with Gasteiger partial charge in [0, 0.05) is 6.54 Å². The molecule has 0 fully saturated rings. The van der Waals surface area contributed by atoms with Crippen LogP contribution in [0.3, 0.4) is 0 Å². The topological polar surface area (TPSA) is 104 Å². The molecule has 3 atom stereocenters. The zero-order chi connectivity index (χ0) is 13.4. The number of amides is 3. The lowest BCUT2D eigenvalue weighted by Crippen LogP contribution is -2.52. The minimum absolute atomic E-state index is 0.0127. The van der Waals surface area contributed by atoms with Gasteiger partial charge in [-0.15, -0.1) is 0 Å². The van der Waals surface area contributed by atoms with Gasteiger partial charge >= 0.3 is 6.03 Å². The molecule has 0 bridgehead atoms. The number of nitrogens with two attached hydrogens (primary N) is 1. The summed E-state index contributed by atoms with van der Waals surface area (Å²) in [5.74, 6) is -0.327. The van der Waals surface area contributed by atoms with E-state index in [1.165, 1.54) is 0 Å². The van der Waals surface area contributed by atoms with Gasteiger partial charge in [-0.05, 0) is 12.3 Å². The van der Waals surface area contributed by atoms with Gasteiger partial charge < -0.3 is 21.5 Å². The molecule has 6 heteroatoms. The number of carbonyl (C=O) groups excluding carboxylic acids is 2. The molecule has 0 aliphatic carbocycles. The van der Waals surface area contributed by atoms with Crippen LogP contribution >= 0.6 is 0 Å². The summed E-state index contributed by atoms with van der Waals surface area (Å²) in [6.45, 7) is 5.79. The quantitative estimate of drug-likeness (QED) is 0.505. The molecule has 0 saturated heterocycles. The molecule has 0 aliphatic heterocycles. The number of aliphatic hydroxyl groups is 1. The lowest BCUT2D eigenvalue weighted by molar-refractivity contribution is -0.124. The Morgan fingerprint density at radius 1 is 1.29 bits per heavy atom. The third kappa shape index (κ3) is 6.11. The largest absolute Gasteiger partial charge is 0.391 e. The number of rotatable bonds is 7. The second kappa shape index (κ2) is 7.89. The Morgan fingerprint density at radius 3 is 2.29 bits per heavy atom. The van der Waals surface area contributed by atoms with E-state index in [0.717, 1.165) is 6.42 Å². The molecule has 17 heavy (non-hydrogen) atoms. The molecule has 3 amide bonds. The van der Waals surface area contributed by atoms with Crippen LogP contribution in [0.25, 0.3) is 0 Å². The van der Waals surface area contributed by atoms with Crippen molar-refractivity contribution in [2.45, 2.75) is 45.8 Å². The van der Waals surface area contributed by atoms with Crippen LogP contribution in [0, 0.1) is 5.92 Å². The maximum absolute atomic E-state index is 11.8. The van der Waals surface area contributed by atoms with E-state index in [9.17, 15) is 14.7 Å². The van der Waals surface area contributed by atoms with E-state index in [1.807, 2.05) is 20.8 Å². The van der Waals surface area contributed by atoms with Crippen molar-refractivity contribution in [3.63, 3.8) is 0 Å². The summed E-state index contributed by atoms with van der Waals surface area (Å²) in [6.07, 6.45) is 0.747. The van der Waals surface area contributed by atoms with Crippen LogP contribution in [0.15, 0.2) is 0 Å². The molecule has 0 rings (SSSR count). The smallest absolute Gasteiger partial charge is 0.312 e. The monoisotopic (exact) mass is 245 g/mol. The Bertz CT molecular complexity index is 258. The minimum atomic E-state index is -0.721. The highest BCUT2D eigenvalue weighted by molar-refractivity contribution is 5.86. The summed E-state index contributed by atoms with van der Waals surface area (Å²) >= 11 is 0. The standard InChI is InChI=1S/C11H23N3O3/c1-4-7(3)9(14-11(12)17)10(16)13-6-8(15)5-2/h7-9,15H,4-6H2,1-3H3,(H,13,16)(H3,12,14,17). The zero-order valence-corrected chi connectivity index (χ0v) is 10.7. The van der Waals surface area contributed by atoms with Crippen LogP contribution in [-0.2, 0) is 4.79 Å². The molecule has 0 aromatic carbocycles. The average molecular weight is 245 g/mol. The number of aliphatic hydroxyl groups excluding tert-OH is 1. The van der Waals surface area contributed by atoms with Gasteiger partial charge in [0.2, 0.25) is 5.91 Å². The lowest BCUT2D eigenvalue weighted by atomic mass is 9.98. The maximum Gasteiger partial charge on any atom is 0.312 e. The number of carbonyl (C=O) groups is 2. The summed E-state index contributed by atoms with van der Waals surface area (Å²) in [6, 6.07) is -1.37. The van der Waals surface area contributed by atoms with Crippen molar-refractivity contribution in [2.24, 2.45) is 11.7 Å². The number of hydrogen-bond donors (Lipinski definition) is 4. The van der Waals surface area contributed by atoms with Crippen molar-refractivity contribution in [1.29, 1.82) is 0 Å². The molecule has 0 spiro atoms. The Labute approximate surface area is 102 Å². The molecular weight excluding hydrogens is 222 g/mol. The number of primary amides is 1. The maximum atomic E-state index is 11.8. The predicted molar refractivity (Wildman–Crippen MR) is 65.3 cm³/mol. The third-order valence-electron chi connectivity index (χ3n) is 2.78. The van der Waals surface area contributed by atoms with Crippen LogP contribution in [0.4, 0.5) is 4.79 Å². The Morgan fingerprint density at radius 2 is 1.88 bits per heavy atom. The third-order valence-corrected chi connectivity index (χ3v) is 2.78. The Hall–Kier alpha value is -1.30. The van der Waals surface area contributed by atoms with Gasteiger partial charge in [0.05, 0.1) is 6.10 Å². The lowest BCUT2D eigenvalue weighted by Gasteiger charge is -2.23. The molecule has 0 heterocycles. The van der Waals surface area contributed by atoms with Crippen molar-refractivity contribution in [2.75, 3.05) is 6.54 Å². The normalized spacial score (nSPS) is 15.8. The van der Waals surface area contributed by atoms with Crippen LogP contribution in [-0.4, -0.2) is 35.7 Å². The highest BCUT2D eigenvalue weighted by Gasteiger charge is 2.25. The summed E-state index contributed by atoms with van der Waals surface area (Å²) in [5, 5.41) is 14.4. The van der Waals surface area contributed by atoms with Gasteiger partial charge in [0.25, 0.3) is 0 Å². The second-order valence-electron chi connectivity index (χ2n) is 4.18. The first kappa shape index (κ1) is 15.7. The molecule has 0 saturated carbocycles. The fourth-order valence-electron chi connectivity index (χ4n) is 1.33. The van der Waals surface area contributed by atoms with E-state index in [2.05, 4.69) is 10.6 Å². The highest BCUT2D eigenvalue weighted by atomic mass is 16.3. The van der Waals surface area contributed by atoms with E-state index in [4.69, 9.17) is 5.73 Å². The van der Waals surface area contributed by atoms with Gasteiger partial charge in [-0.25, -0.2) is 4.79 Å². The van der Waals surface area contributed by atoms with Crippen molar-refractivity contribution >= 4 is 11.9 Å². The van der Waals surface area contributed by atoms with Crippen molar-refractivity contribution in [3.05, 3.63) is 0 Å². The molecule has 0 aliphatic rings. The first-order valence-electron chi connectivity index (χ1n) is 5.94. The fraction of sp³-hybridized carbons (Fsp3) is 0.818. The van der Waals surface area contributed by atoms with Crippen molar-refractivity contribution in [1.82, 2.24) is 10.6 Å². The number of hydrogen-bond acceptors (Lipinski definition) is 3. The minimum Gasteiger partial charge on any atom is -0.391 e. The summed E-state index contributed by atoms with van der Waals surface area (Å²) in [4.78, 5) is 22.6. The number of nitrogens with one attached hydrogen (secondary N) is 2. The highest BCUT2D eigenvalue weighted by Crippen LogP contribution is 2.07. The van der Waals surface area contributed by atoms with E-state index in [0.29, 0.717) is 6.42 Å². The number of urea groups is 1. The van der Waals surface area contributed by atoms with E-state index < -0.39 is 18.2 Å². The molecule has 100 valence electrons. The van der Waals surface area contributed by atoms with Gasteiger partial charge in [-0.3, -0.25) is 4.79 Å². The van der Waals surface area contributed by atoms with Gasteiger partial charge in [0.1, 0.15) is 6.04 Å². The molecule has 0 aromatic rings. The van der Waals surface area contributed by atoms with Crippen molar-refractivity contribution < 1.29 is 14.7 Å². The molecule has 0 radical (unpaired) electrons. The van der Waals surface area contributed by atoms with Crippen LogP contribution in [0.1, 0.15) is 33.6 Å². The van der Waals surface area contributed by atoms with Crippen LogP contribution in [0.2, 0.25) is 0 Å².